The van der Waals surface area contributed by atoms with Crippen molar-refractivity contribution >= 4 is 10.9 Å². The molecule has 2 aliphatic rings. The summed E-state index contributed by atoms with van der Waals surface area (Å²) in [6.07, 6.45) is 4.59. The average Bonchev–Trinajstić information content (AvgIpc) is 3.17. The van der Waals surface area contributed by atoms with Crippen molar-refractivity contribution in [1.82, 2.24) is 14.8 Å². The molecule has 1 aromatic heterocycles. The number of H-pyrrole nitrogens is 1. The summed E-state index contributed by atoms with van der Waals surface area (Å²) in [7, 11) is 0. The van der Waals surface area contributed by atoms with E-state index in [2.05, 4.69) is 46.8 Å². The van der Waals surface area contributed by atoms with Crippen molar-refractivity contribution in [3.63, 3.8) is 0 Å². The number of aromatic amines is 1. The molecule has 1 atom stereocenters. The van der Waals surface area contributed by atoms with Gasteiger partial charge in [0.25, 0.3) is 0 Å². The number of benzene rings is 1. The van der Waals surface area contributed by atoms with Gasteiger partial charge in [-0.25, -0.2) is 0 Å². The number of aryl methyl sites for hydroxylation is 2. The summed E-state index contributed by atoms with van der Waals surface area (Å²) in [6, 6.07) is 6.60. The molecule has 2 saturated heterocycles. The van der Waals surface area contributed by atoms with Crippen LogP contribution in [0.3, 0.4) is 0 Å². The molecule has 0 unspecified atom stereocenters. The van der Waals surface area contributed by atoms with Gasteiger partial charge in [0.2, 0.25) is 0 Å². The molecule has 3 heterocycles. The summed E-state index contributed by atoms with van der Waals surface area (Å²) >= 11 is 0. The highest BCUT2D eigenvalue weighted by molar-refractivity contribution is 5.87. The molecular formula is C21H31N3O. The number of nitrogens with zero attached hydrogens (tertiary/aromatic N) is 2. The first-order chi connectivity index (χ1) is 12.0. The van der Waals surface area contributed by atoms with Gasteiger partial charge in [0, 0.05) is 30.7 Å². The molecule has 0 bridgehead atoms. The van der Waals surface area contributed by atoms with Gasteiger partial charge in [-0.3, -0.25) is 4.90 Å². The number of rotatable bonds is 4. The van der Waals surface area contributed by atoms with Gasteiger partial charge in [-0.15, -0.1) is 0 Å². The zero-order valence-corrected chi connectivity index (χ0v) is 15.6. The molecule has 2 aromatic rings. The highest BCUT2D eigenvalue weighted by atomic mass is 16.3. The fourth-order valence-corrected chi connectivity index (χ4v) is 4.74. The summed E-state index contributed by atoms with van der Waals surface area (Å²) in [4.78, 5) is 8.46. The van der Waals surface area contributed by atoms with Crippen molar-refractivity contribution in [2.45, 2.75) is 51.7 Å². The molecule has 0 spiro atoms. The highest BCUT2D eigenvalue weighted by Gasteiger charge is 2.35. The Kier molecular flexibility index (Phi) is 4.61. The van der Waals surface area contributed by atoms with E-state index in [1.807, 2.05) is 0 Å². The van der Waals surface area contributed by atoms with Crippen molar-refractivity contribution in [1.29, 1.82) is 0 Å². The zero-order chi connectivity index (χ0) is 17.4. The summed E-state index contributed by atoms with van der Waals surface area (Å²) in [5.41, 5.74) is 4.68. The van der Waals surface area contributed by atoms with Gasteiger partial charge < -0.3 is 15.0 Å². The SMILES string of the molecule is Cc1[nH]c2c(CN3CCC[C@@](O)(CN4CCCC4)C3)cccc2c1C. The van der Waals surface area contributed by atoms with Crippen molar-refractivity contribution in [3.8, 4) is 0 Å². The van der Waals surface area contributed by atoms with Crippen LogP contribution < -0.4 is 0 Å². The van der Waals surface area contributed by atoms with E-state index in [9.17, 15) is 5.11 Å². The minimum atomic E-state index is -0.544. The lowest BCUT2D eigenvalue weighted by Gasteiger charge is -2.41. The quantitative estimate of drug-likeness (QED) is 0.897. The largest absolute Gasteiger partial charge is 0.387 e. The van der Waals surface area contributed by atoms with Crippen LogP contribution in [0.25, 0.3) is 10.9 Å². The van der Waals surface area contributed by atoms with Crippen molar-refractivity contribution in [2.75, 3.05) is 32.7 Å². The van der Waals surface area contributed by atoms with Crippen LogP contribution in [0.2, 0.25) is 0 Å². The lowest BCUT2D eigenvalue weighted by molar-refractivity contribution is -0.0518. The molecular weight excluding hydrogens is 310 g/mol. The zero-order valence-electron chi connectivity index (χ0n) is 15.6. The lowest BCUT2D eigenvalue weighted by Crippen LogP contribution is -2.53. The second-order valence-corrected chi connectivity index (χ2v) is 8.24. The van der Waals surface area contributed by atoms with Crippen LogP contribution in [0.1, 0.15) is 42.5 Å². The van der Waals surface area contributed by atoms with E-state index in [1.165, 1.54) is 40.6 Å². The Hall–Kier alpha value is -1.36. The van der Waals surface area contributed by atoms with Crippen LogP contribution in [-0.2, 0) is 6.54 Å². The maximum atomic E-state index is 11.2. The molecule has 1 aromatic carbocycles. The summed E-state index contributed by atoms with van der Waals surface area (Å²) in [6.45, 7) is 10.3. The third kappa shape index (κ3) is 3.48. The standard InChI is InChI=1S/C21H31N3O/c1-16-17(2)22-20-18(7-5-8-19(16)20)13-24-12-6-9-21(25,15-24)14-23-10-3-4-11-23/h5,7-8,22,25H,3-4,6,9-15H2,1-2H3/t21-/m1/s1. The van der Waals surface area contributed by atoms with Crippen LogP contribution in [0, 0.1) is 13.8 Å². The molecule has 2 aliphatic heterocycles. The number of aliphatic hydroxyl groups is 1. The van der Waals surface area contributed by atoms with E-state index < -0.39 is 5.60 Å². The number of aromatic nitrogens is 1. The maximum Gasteiger partial charge on any atom is 0.0900 e. The summed E-state index contributed by atoms with van der Waals surface area (Å²) < 4.78 is 0. The molecule has 136 valence electrons. The van der Waals surface area contributed by atoms with Gasteiger partial charge in [0.15, 0.2) is 0 Å². The normalized spacial score (nSPS) is 25.9. The topological polar surface area (TPSA) is 42.5 Å². The van der Waals surface area contributed by atoms with Gasteiger partial charge in [-0.2, -0.15) is 0 Å². The second kappa shape index (κ2) is 6.75. The Morgan fingerprint density at radius 1 is 1.08 bits per heavy atom. The number of nitrogens with one attached hydrogen (secondary N) is 1. The smallest absolute Gasteiger partial charge is 0.0900 e. The Morgan fingerprint density at radius 3 is 2.64 bits per heavy atom. The number of hydrogen-bond donors (Lipinski definition) is 2. The Bertz CT molecular complexity index is 747. The van der Waals surface area contributed by atoms with Gasteiger partial charge in [-0.05, 0) is 70.3 Å². The summed E-state index contributed by atoms with van der Waals surface area (Å²) in [5.74, 6) is 0. The number of para-hydroxylation sites is 1. The highest BCUT2D eigenvalue weighted by Crippen LogP contribution is 2.28. The fraction of sp³-hybridized carbons (Fsp3) is 0.619. The molecule has 2 N–H and O–H groups in total. The van der Waals surface area contributed by atoms with Crippen LogP contribution >= 0.6 is 0 Å². The van der Waals surface area contributed by atoms with Crippen LogP contribution in [-0.4, -0.2) is 58.2 Å². The molecule has 0 amide bonds. The first kappa shape index (κ1) is 17.1. The Balaban J connectivity index is 1.50. The van der Waals surface area contributed by atoms with Gasteiger partial charge in [-0.1, -0.05) is 18.2 Å². The maximum absolute atomic E-state index is 11.2. The van der Waals surface area contributed by atoms with Crippen molar-refractivity contribution < 1.29 is 5.11 Å². The molecule has 0 saturated carbocycles. The van der Waals surface area contributed by atoms with E-state index in [0.717, 1.165) is 52.1 Å². The molecule has 4 rings (SSSR count). The third-order valence-corrected chi connectivity index (χ3v) is 6.17. The summed E-state index contributed by atoms with van der Waals surface area (Å²) in [5, 5.41) is 12.5. The van der Waals surface area contributed by atoms with Gasteiger partial charge in [0.05, 0.1) is 11.1 Å². The molecule has 0 radical (unpaired) electrons. The van der Waals surface area contributed by atoms with E-state index in [4.69, 9.17) is 0 Å². The monoisotopic (exact) mass is 341 g/mol. The number of fused-ring (bicyclic) bond motifs is 1. The molecule has 0 aliphatic carbocycles. The molecule has 4 nitrogen and oxygen atoms in total. The minimum absolute atomic E-state index is 0.544. The van der Waals surface area contributed by atoms with E-state index >= 15 is 0 Å². The van der Waals surface area contributed by atoms with Gasteiger partial charge in [0.1, 0.15) is 0 Å². The molecule has 25 heavy (non-hydrogen) atoms. The van der Waals surface area contributed by atoms with E-state index in [1.54, 1.807) is 0 Å². The van der Waals surface area contributed by atoms with Crippen molar-refractivity contribution in [3.05, 3.63) is 35.0 Å². The first-order valence-electron chi connectivity index (χ1n) is 9.78. The van der Waals surface area contributed by atoms with Crippen molar-refractivity contribution in [2.24, 2.45) is 0 Å². The van der Waals surface area contributed by atoms with Crippen LogP contribution in [0.5, 0.6) is 0 Å². The third-order valence-electron chi connectivity index (χ3n) is 6.17. The number of hydrogen-bond acceptors (Lipinski definition) is 3. The average molecular weight is 341 g/mol. The van der Waals surface area contributed by atoms with E-state index in [-0.39, 0.29) is 0 Å². The van der Waals surface area contributed by atoms with Gasteiger partial charge >= 0.3 is 0 Å². The van der Waals surface area contributed by atoms with Crippen LogP contribution in [0.15, 0.2) is 18.2 Å². The predicted octanol–water partition coefficient (Wildman–Crippen LogP) is 3.21. The Labute approximate surface area is 150 Å². The predicted molar refractivity (Wildman–Crippen MR) is 103 cm³/mol. The van der Waals surface area contributed by atoms with E-state index in [0.29, 0.717) is 0 Å². The lowest BCUT2D eigenvalue weighted by atomic mass is 9.91. The first-order valence-corrected chi connectivity index (χ1v) is 9.78. The number of likely N-dealkylation sites (tertiary alicyclic amines) is 2. The molecule has 4 heteroatoms. The number of piperidine rings is 1. The Morgan fingerprint density at radius 2 is 1.84 bits per heavy atom. The second-order valence-electron chi connectivity index (χ2n) is 8.24. The minimum Gasteiger partial charge on any atom is -0.387 e. The van der Waals surface area contributed by atoms with Crippen LogP contribution in [0.4, 0.5) is 0 Å². The number of β-amino-alcohol motifs (C(OH)–C–C–N with tert-alkyl or cyclic N) is 1. The fourth-order valence-electron chi connectivity index (χ4n) is 4.74. The molecule has 2 fully saturated rings.